The average molecular weight is 532 g/mol. The molecule has 0 spiro atoms. The Balaban J connectivity index is 1.38. The van der Waals surface area contributed by atoms with E-state index >= 15 is 0 Å². The number of aryl methyl sites for hydroxylation is 1. The molecule has 1 aromatic heterocycles. The van der Waals surface area contributed by atoms with Crippen LogP contribution in [0.15, 0.2) is 36.4 Å². The van der Waals surface area contributed by atoms with Crippen molar-refractivity contribution in [3.63, 3.8) is 0 Å². The van der Waals surface area contributed by atoms with Crippen molar-refractivity contribution in [3.8, 4) is 11.1 Å². The fourth-order valence-corrected chi connectivity index (χ4v) is 4.46. The van der Waals surface area contributed by atoms with Crippen LogP contribution in [-0.2, 0) is 11.3 Å². The van der Waals surface area contributed by atoms with Gasteiger partial charge in [-0.1, -0.05) is 24.3 Å². The summed E-state index contributed by atoms with van der Waals surface area (Å²) in [6.07, 6.45) is -0.212. The molecule has 0 radical (unpaired) electrons. The van der Waals surface area contributed by atoms with Crippen LogP contribution in [0.2, 0.25) is 0 Å². The van der Waals surface area contributed by atoms with E-state index < -0.39 is 5.60 Å². The first-order valence-corrected chi connectivity index (χ1v) is 11.7. The van der Waals surface area contributed by atoms with Gasteiger partial charge in [-0.05, 0) is 84.7 Å². The zero-order valence-corrected chi connectivity index (χ0v) is 20.7. The zero-order valence-electron chi connectivity index (χ0n) is 18.5. The second kappa shape index (κ2) is 8.78. The number of benzene rings is 2. The molecule has 0 saturated carbocycles. The standard InChI is InChI=1S/C24H29IN4O2/c1-16-13-21-20(22(25)27-26-21)14-19(16)18-7-5-17(6-8-18)15-28-9-11-29(12-10-28)23(30)31-24(2,3)4/h5-8,13-14H,9-12,15H2,1-4H3,(H,26,27). The number of nitrogens with zero attached hydrogens (tertiary/aromatic N) is 3. The lowest BCUT2D eigenvalue weighted by Crippen LogP contribution is -2.49. The Morgan fingerprint density at radius 1 is 1.13 bits per heavy atom. The quantitative estimate of drug-likeness (QED) is 0.472. The molecule has 3 aromatic rings. The minimum atomic E-state index is -0.450. The summed E-state index contributed by atoms with van der Waals surface area (Å²) in [4.78, 5) is 16.4. The second-order valence-electron chi connectivity index (χ2n) is 9.16. The van der Waals surface area contributed by atoms with Gasteiger partial charge in [0.15, 0.2) is 0 Å². The molecule has 2 heterocycles. The molecule has 0 bridgehead atoms. The van der Waals surface area contributed by atoms with Crippen molar-refractivity contribution in [2.45, 2.75) is 39.8 Å². The number of nitrogens with one attached hydrogen (secondary N) is 1. The predicted molar refractivity (Wildman–Crippen MR) is 132 cm³/mol. The molecular weight excluding hydrogens is 503 g/mol. The van der Waals surface area contributed by atoms with E-state index in [0.717, 1.165) is 34.2 Å². The van der Waals surface area contributed by atoms with Gasteiger partial charge in [-0.25, -0.2) is 4.79 Å². The van der Waals surface area contributed by atoms with Crippen LogP contribution >= 0.6 is 22.6 Å². The van der Waals surface area contributed by atoms with Crippen molar-refractivity contribution >= 4 is 39.6 Å². The van der Waals surface area contributed by atoms with Crippen LogP contribution < -0.4 is 0 Å². The minimum Gasteiger partial charge on any atom is -0.444 e. The van der Waals surface area contributed by atoms with Gasteiger partial charge < -0.3 is 9.64 Å². The number of aromatic nitrogens is 2. The van der Waals surface area contributed by atoms with Gasteiger partial charge in [-0.3, -0.25) is 10.00 Å². The number of piperazine rings is 1. The van der Waals surface area contributed by atoms with Gasteiger partial charge in [0.25, 0.3) is 0 Å². The summed E-state index contributed by atoms with van der Waals surface area (Å²) in [5, 5.41) is 8.57. The molecule has 1 saturated heterocycles. The van der Waals surface area contributed by atoms with Gasteiger partial charge in [0, 0.05) is 38.1 Å². The van der Waals surface area contributed by atoms with Crippen molar-refractivity contribution in [2.24, 2.45) is 0 Å². The van der Waals surface area contributed by atoms with E-state index in [2.05, 4.69) is 81.0 Å². The van der Waals surface area contributed by atoms with Crippen molar-refractivity contribution in [3.05, 3.63) is 51.2 Å². The molecular formula is C24H29IN4O2. The van der Waals surface area contributed by atoms with Crippen LogP contribution in [0.25, 0.3) is 22.0 Å². The molecule has 1 aliphatic rings. The topological polar surface area (TPSA) is 61.5 Å². The Morgan fingerprint density at radius 2 is 1.81 bits per heavy atom. The Bertz CT molecular complexity index is 1080. The highest BCUT2D eigenvalue weighted by Gasteiger charge is 2.25. The maximum Gasteiger partial charge on any atom is 0.410 e. The third kappa shape index (κ3) is 5.20. The lowest BCUT2D eigenvalue weighted by molar-refractivity contribution is 0.0139. The van der Waals surface area contributed by atoms with E-state index in [1.165, 1.54) is 22.3 Å². The number of amides is 1. The molecule has 31 heavy (non-hydrogen) atoms. The van der Waals surface area contributed by atoms with Gasteiger partial charge in [0.2, 0.25) is 0 Å². The fraction of sp³-hybridized carbons (Fsp3) is 0.417. The van der Waals surface area contributed by atoms with Crippen LogP contribution in [0.4, 0.5) is 4.79 Å². The van der Waals surface area contributed by atoms with E-state index in [-0.39, 0.29) is 6.09 Å². The molecule has 7 heteroatoms. The summed E-state index contributed by atoms with van der Waals surface area (Å²) in [6, 6.07) is 13.2. The first-order valence-electron chi connectivity index (χ1n) is 10.6. The van der Waals surface area contributed by atoms with Crippen molar-refractivity contribution in [2.75, 3.05) is 26.2 Å². The maximum atomic E-state index is 12.2. The lowest BCUT2D eigenvalue weighted by atomic mass is 9.98. The number of hydrogen-bond donors (Lipinski definition) is 1. The number of hydrogen-bond acceptors (Lipinski definition) is 4. The number of fused-ring (bicyclic) bond motifs is 1. The summed E-state index contributed by atoms with van der Waals surface area (Å²) in [7, 11) is 0. The van der Waals surface area contributed by atoms with E-state index in [1.807, 2.05) is 20.8 Å². The number of carbonyl (C=O) groups excluding carboxylic acids is 1. The van der Waals surface area contributed by atoms with E-state index in [9.17, 15) is 4.79 Å². The monoisotopic (exact) mass is 532 g/mol. The van der Waals surface area contributed by atoms with Gasteiger partial charge >= 0.3 is 6.09 Å². The van der Waals surface area contributed by atoms with Gasteiger partial charge in [0.1, 0.15) is 9.30 Å². The number of carbonyl (C=O) groups is 1. The smallest absolute Gasteiger partial charge is 0.410 e. The summed E-state index contributed by atoms with van der Waals surface area (Å²) < 4.78 is 6.55. The largest absolute Gasteiger partial charge is 0.444 e. The highest BCUT2D eigenvalue weighted by molar-refractivity contribution is 14.1. The fourth-order valence-electron chi connectivity index (χ4n) is 3.90. The van der Waals surface area contributed by atoms with Gasteiger partial charge in [0.05, 0.1) is 5.52 Å². The summed E-state index contributed by atoms with van der Waals surface area (Å²) in [6.45, 7) is 11.9. The lowest BCUT2D eigenvalue weighted by Gasteiger charge is -2.35. The Hall–Kier alpha value is -2.13. The number of aromatic amines is 1. The molecule has 0 unspecified atom stereocenters. The molecule has 164 valence electrons. The van der Waals surface area contributed by atoms with Crippen molar-refractivity contribution < 1.29 is 9.53 Å². The summed E-state index contributed by atoms with van der Waals surface area (Å²) in [5.41, 5.74) is 5.52. The Labute approximate surface area is 197 Å². The Kier molecular flexibility index (Phi) is 6.25. The van der Waals surface area contributed by atoms with Crippen molar-refractivity contribution in [1.29, 1.82) is 0 Å². The molecule has 1 fully saturated rings. The first kappa shape index (κ1) is 22.1. The SMILES string of the molecule is Cc1cc2n[nH]c(I)c2cc1-c1ccc(CN2CCN(C(=O)OC(C)(C)C)CC2)cc1. The predicted octanol–water partition coefficient (Wildman–Crippen LogP) is 5.20. The number of rotatable bonds is 3. The van der Waals surface area contributed by atoms with Crippen LogP contribution in [-0.4, -0.2) is 57.9 Å². The van der Waals surface area contributed by atoms with E-state index in [1.54, 1.807) is 4.90 Å². The summed E-state index contributed by atoms with van der Waals surface area (Å²) >= 11 is 2.29. The summed E-state index contributed by atoms with van der Waals surface area (Å²) in [5.74, 6) is 0. The molecule has 0 atom stereocenters. The first-order chi connectivity index (χ1) is 14.7. The molecule has 2 aromatic carbocycles. The molecule has 1 aliphatic heterocycles. The van der Waals surface area contributed by atoms with E-state index in [0.29, 0.717) is 13.1 Å². The molecule has 4 rings (SSSR count). The highest BCUT2D eigenvalue weighted by atomic mass is 127. The molecule has 0 aliphatic carbocycles. The third-order valence-electron chi connectivity index (χ3n) is 5.55. The maximum absolute atomic E-state index is 12.2. The van der Waals surface area contributed by atoms with Crippen LogP contribution in [0.5, 0.6) is 0 Å². The molecule has 6 nitrogen and oxygen atoms in total. The number of ether oxygens (including phenoxy) is 1. The highest BCUT2D eigenvalue weighted by Crippen LogP contribution is 2.30. The van der Waals surface area contributed by atoms with Gasteiger partial charge in [-0.15, -0.1) is 0 Å². The van der Waals surface area contributed by atoms with Crippen LogP contribution in [0, 0.1) is 10.6 Å². The minimum absolute atomic E-state index is 0.212. The number of H-pyrrole nitrogens is 1. The van der Waals surface area contributed by atoms with Crippen molar-refractivity contribution in [1.82, 2.24) is 20.0 Å². The van der Waals surface area contributed by atoms with Crippen LogP contribution in [0.1, 0.15) is 31.9 Å². The van der Waals surface area contributed by atoms with Crippen LogP contribution in [0.3, 0.4) is 0 Å². The third-order valence-corrected chi connectivity index (χ3v) is 6.37. The Morgan fingerprint density at radius 3 is 2.45 bits per heavy atom. The van der Waals surface area contributed by atoms with Gasteiger partial charge in [-0.2, -0.15) is 5.10 Å². The average Bonchev–Trinajstić information content (AvgIpc) is 3.07. The number of halogens is 1. The van der Waals surface area contributed by atoms with E-state index in [4.69, 9.17) is 4.74 Å². The molecule has 1 N–H and O–H groups in total. The normalized spacial score (nSPS) is 15.5. The zero-order chi connectivity index (χ0) is 22.2. The second-order valence-corrected chi connectivity index (χ2v) is 10.2. The molecule has 1 amide bonds.